The second-order valence-electron chi connectivity index (χ2n) is 4.43. The summed E-state index contributed by atoms with van der Waals surface area (Å²) in [5.41, 5.74) is 0.708. The first-order valence-electron chi connectivity index (χ1n) is 5.73. The number of hydrogen-bond acceptors (Lipinski definition) is 5. The molecule has 0 fully saturated rings. The van der Waals surface area contributed by atoms with Gasteiger partial charge in [0, 0.05) is 6.42 Å². The lowest BCUT2D eigenvalue weighted by molar-refractivity contribution is -0.391. The van der Waals surface area contributed by atoms with E-state index in [1.807, 2.05) is 0 Å². The number of aromatic nitrogens is 2. The van der Waals surface area contributed by atoms with Gasteiger partial charge in [-0.1, -0.05) is 17.3 Å². The van der Waals surface area contributed by atoms with Gasteiger partial charge in [-0.25, -0.2) is 9.55 Å². The predicted octanol–water partition coefficient (Wildman–Crippen LogP) is 1.40. The third-order valence-corrected chi connectivity index (χ3v) is 3.39. The minimum Gasteiger partial charge on any atom is -0.391 e. The van der Waals surface area contributed by atoms with Crippen LogP contribution in [-0.4, -0.2) is 26.3 Å². The molecule has 7 nitrogen and oxygen atoms in total. The molecular weight excluding hydrogens is 236 g/mol. The molecule has 2 heterocycles. The van der Waals surface area contributed by atoms with Crippen molar-refractivity contribution in [2.45, 2.75) is 18.9 Å². The molecule has 0 saturated carbocycles. The Kier molecular flexibility index (Phi) is 2.39. The smallest absolute Gasteiger partial charge is 0.342 e. The van der Waals surface area contributed by atoms with Crippen LogP contribution in [0.5, 0.6) is 0 Å². The van der Waals surface area contributed by atoms with Crippen molar-refractivity contribution in [2.24, 2.45) is 18.1 Å². The number of allylic oxidation sites excluding steroid dienone is 1. The lowest BCUT2D eigenvalue weighted by atomic mass is 9.87. The Hall–Kier alpha value is -2.18. The topological polar surface area (TPSA) is 82.5 Å². The van der Waals surface area contributed by atoms with Gasteiger partial charge in [0.2, 0.25) is 5.82 Å². The molecule has 1 aromatic heterocycles. The summed E-state index contributed by atoms with van der Waals surface area (Å²) in [6, 6.07) is 0. The zero-order chi connectivity index (χ0) is 12.7. The summed E-state index contributed by atoms with van der Waals surface area (Å²) >= 11 is 0. The average Bonchev–Trinajstić information content (AvgIpc) is 2.92. The van der Waals surface area contributed by atoms with Gasteiger partial charge in [-0.3, -0.25) is 0 Å². The van der Waals surface area contributed by atoms with E-state index in [9.17, 15) is 10.1 Å². The van der Waals surface area contributed by atoms with Gasteiger partial charge in [-0.15, -0.1) is 0 Å². The van der Waals surface area contributed by atoms with Gasteiger partial charge >= 0.3 is 5.82 Å². The fourth-order valence-corrected chi connectivity index (χ4v) is 2.40. The number of nitrogens with zero attached hydrogens (tertiary/aromatic N) is 4. The molecule has 2 unspecified atom stereocenters. The van der Waals surface area contributed by atoms with Crippen LogP contribution >= 0.6 is 0 Å². The van der Waals surface area contributed by atoms with Crippen molar-refractivity contribution in [3.8, 4) is 0 Å². The molecule has 3 rings (SSSR count). The maximum absolute atomic E-state index is 10.8. The van der Waals surface area contributed by atoms with Crippen LogP contribution in [0, 0.1) is 16.0 Å². The Labute approximate surface area is 103 Å². The summed E-state index contributed by atoms with van der Waals surface area (Å²) in [7, 11) is 1.62. The summed E-state index contributed by atoms with van der Waals surface area (Å²) in [5, 5.41) is 14.8. The van der Waals surface area contributed by atoms with Crippen LogP contribution in [0.25, 0.3) is 0 Å². The van der Waals surface area contributed by atoms with Crippen molar-refractivity contribution in [3.63, 3.8) is 0 Å². The first-order chi connectivity index (χ1) is 8.68. The van der Waals surface area contributed by atoms with Crippen LogP contribution in [0.15, 0.2) is 23.5 Å². The minimum atomic E-state index is -0.453. The van der Waals surface area contributed by atoms with Crippen molar-refractivity contribution in [3.05, 3.63) is 34.3 Å². The van der Waals surface area contributed by atoms with Crippen molar-refractivity contribution in [1.82, 2.24) is 9.55 Å². The predicted molar refractivity (Wildman–Crippen MR) is 63.1 cm³/mol. The maximum atomic E-state index is 10.8. The van der Waals surface area contributed by atoms with E-state index in [0.29, 0.717) is 11.5 Å². The average molecular weight is 248 g/mol. The summed E-state index contributed by atoms with van der Waals surface area (Å²) < 4.78 is 1.45. The van der Waals surface area contributed by atoms with Crippen molar-refractivity contribution >= 4 is 11.5 Å². The highest BCUT2D eigenvalue weighted by Gasteiger charge is 2.39. The summed E-state index contributed by atoms with van der Waals surface area (Å²) in [5.74, 6) is 0.628. The highest BCUT2D eigenvalue weighted by Crippen LogP contribution is 2.31. The Morgan fingerprint density at radius 1 is 1.50 bits per heavy atom. The second-order valence-corrected chi connectivity index (χ2v) is 4.43. The van der Waals surface area contributed by atoms with E-state index in [2.05, 4.69) is 22.3 Å². The number of oxime groups is 1. The summed E-state index contributed by atoms with van der Waals surface area (Å²) in [6.07, 6.45) is 7.11. The highest BCUT2D eigenvalue weighted by molar-refractivity contribution is 6.00. The molecule has 0 bridgehead atoms. The van der Waals surface area contributed by atoms with Crippen LogP contribution in [0.3, 0.4) is 0 Å². The normalized spacial score (nSPS) is 25.5. The standard InChI is InChI=1S/C11H12N4O3/c1-14-9(15(16)17)6-12-11(14)10-7-4-2-3-5-8(7)18-13-10/h2-3,6-8H,4-5H2,1H3. The van der Waals surface area contributed by atoms with Crippen molar-refractivity contribution in [1.29, 1.82) is 0 Å². The van der Waals surface area contributed by atoms with E-state index in [-0.39, 0.29) is 17.8 Å². The molecular formula is C11H12N4O3. The zero-order valence-corrected chi connectivity index (χ0v) is 9.81. The van der Waals surface area contributed by atoms with Crippen molar-refractivity contribution in [2.75, 3.05) is 0 Å². The Balaban J connectivity index is 1.96. The minimum absolute atomic E-state index is 0.0394. The zero-order valence-electron chi connectivity index (χ0n) is 9.81. The first-order valence-corrected chi connectivity index (χ1v) is 5.73. The van der Waals surface area contributed by atoms with Gasteiger partial charge in [0.15, 0.2) is 5.71 Å². The maximum Gasteiger partial charge on any atom is 0.342 e. The molecule has 2 atom stereocenters. The molecule has 0 spiro atoms. The molecule has 18 heavy (non-hydrogen) atoms. The van der Waals surface area contributed by atoms with Crippen LogP contribution in [0.2, 0.25) is 0 Å². The van der Waals surface area contributed by atoms with E-state index in [0.717, 1.165) is 12.8 Å². The molecule has 0 radical (unpaired) electrons. The lowest BCUT2D eigenvalue weighted by Gasteiger charge is -2.18. The lowest BCUT2D eigenvalue weighted by Crippen LogP contribution is -2.27. The quantitative estimate of drug-likeness (QED) is 0.450. The molecule has 1 aliphatic heterocycles. The number of hydrogen-bond donors (Lipinski definition) is 0. The van der Waals surface area contributed by atoms with Crippen LogP contribution < -0.4 is 0 Å². The van der Waals surface area contributed by atoms with Gasteiger partial charge < -0.3 is 15.0 Å². The summed E-state index contributed by atoms with van der Waals surface area (Å²) in [4.78, 5) is 19.8. The van der Waals surface area contributed by atoms with Crippen LogP contribution in [0.1, 0.15) is 18.7 Å². The number of nitro groups is 1. The number of fused-ring (bicyclic) bond motifs is 1. The summed E-state index contributed by atoms with van der Waals surface area (Å²) in [6.45, 7) is 0. The Morgan fingerprint density at radius 3 is 3.00 bits per heavy atom. The molecule has 1 aliphatic carbocycles. The Bertz CT molecular complexity index is 561. The largest absolute Gasteiger partial charge is 0.391 e. The van der Waals surface area contributed by atoms with E-state index in [4.69, 9.17) is 4.84 Å². The molecule has 7 heteroatoms. The third-order valence-electron chi connectivity index (χ3n) is 3.39. The highest BCUT2D eigenvalue weighted by atomic mass is 16.6. The SMILES string of the molecule is Cn1c([N+](=O)[O-])cnc1C1=NOC2CC=CCC12. The van der Waals surface area contributed by atoms with Gasteiger partial charge in [-0.05, 0) is 11.3 Å². The van der Waals surface area contributed by atoms with Gasteiger partial charge in [0.25, 0.3) is 0 Å². The fourth-order valence-electron chi connectivity index (χ4n) is 2.40. The van der Waals surface area contributed by atoms with E-state index < -0.39 is 4.92 Å². The van der Waals surface area contributed by atoms with Crippen molar-refractivity contribution < 1.29 is 9.76 Å². The molecule has 2 aliphatic rings. The van der Waals surface area contributed by atoms with E-state index in [1.165, 1.54) is 10.8 Å². The first kappa shape index (κ1) is 10.9. The van der Waals surface area contributed by atoms with E-state index >= 15 is 0 Å². The molecule has 94 valence electrons. The molecule has 0 N–H and O–H groups in total. The van der Waals surface area contributed by atoms with Crippen LogP contribution in [0.4, 0.5) is 5.82 Å². The molecule has 1 aromatic rings. The third kappa shape index (κ3) is 1.51. The Morgan fingerprint density at radius 2 is 2.28 bits per heavy atom. The number of rotatable bonds is 2. The molecule has 0 aromatic carbocycles. The second kappa shape index (κ2) is 3.94. The number of imidazole rings is 1. The van der Waals surface area contributed by atoms with Gasteiger partial charge in [-0.2, -0.15) is 0 Å². The fraction of sp³-hybridized carbons (Fsp3) is 0.455. The molecule has 0 saturated heterocycles. The van der Waals surface area contributed by atoms with Gasteiger partial charge in [0.1, 0.15) is 12.3 Å². The van der Waals surface area contributed by atoms with Crippen LogP contribution in [-0.2, 0) is 11.9 Å². The van der Waals surface area contributed by atoms with Gasteiger partial charge in [0.05, 0.1) is 13.0 Å². The van der Waals surface area contributed by atoms with E-state index in [1.54, 1.807) is 7.05 Å². The molecule has 0 amide bonds. The monoisotopic (exact) mass is 248 g/mol.